The number of rotatable bonds is 4. The van der Waals surface area contributed by atoms with Crippen LogP contribution in [-0.4, -0.2) is 35.1 Å². The highest BCUT2D eigenvalue weighted by Crippen LogP contribution is 2.40. The fourth-order valence-corrected chi connectivity index (χ4v) is 3.60. The fourth-order valence-electron chi connectivity index (χ4n) is 3.60. The summed E-state index contributed by atoms with van der Waals surface area (Å²) in [7, 11) is 0. The number of hydrogen-bond acceptors (Lipinski definition) is 2. The zero-order chi connectivity index (χ0) is 12.5. The lowest BCUT2D eigenvalue weighted by molar-refractivity contribution is -0.154. The van der Waals surface area contributed by atoms with Gasteiger partial charge in [0.05, 0.1) is 5.41 Å². The molecule has 2 aliphatic rings. The monoisotopic (exact) mass is 239 g/mol. The summed E-state index contributed by atoms with van der Waals surface area (Å²) in [5, 5.41) is 9.54. The maximum absolute atomic E-state index is 11.6. The molecule has 0 spiro atoms. The van der Waals surface area contributed by atoms with Crippen LogP contribution in [-0.2, 0) is 4.79 Å². The molecule has 0 aromatic rings. The van der Waals surface area contributed by atoms with Crippen molar-refractivity contribution in [1.29, 1.82) is 0 Å². The standard InChI is InChI=1S/C14H25NO2/c1-3-5-14(13(16)17)6-4-7-15(10-14)12-8-11(2)9-12/h11-12H,3-10H2,1-2H3,(H,16,17). The highest BCUT2D eigenvalue weighted by atomic mass is 16.4. The van der Waals surface area contributed by atoms with Gasteiger partial charge in [0.2, 0.25) is 0 Å². The zero-order valence-corrected chi connectivity index (χ0v) is 11.1. The molecule has 0 amide bonds. The quantitative estimate of drug-likeness (QED) is 0.820. The highest BCUT2D eigenvalue weighted by Gasteiger charge is 2.44. The van der Waals surface area contributed by atoms with Crippen LogP contribution in [0.4, 0.5) is 0 Å². The van der Waals surface area contributed by atoms with E-state index in [4.69, 9.17) is 0 Å². The Morgan fingerprint density at radius 2 is 2.18 bits per heavy atom. The molecule has 0 aromatic heterocycles. The van der Waals surface area contributed by atoms with E-state index in [-0.39, 0.29) is 0 Å². The smallest absolute Gasteiger partial charge is 0.310 e. The van der Waals surface area contributed by atoms with Crippen LogP contribution in [0.3, 0.4) is 0 Å². The third-order valence-electron chi connectivity index (χ3n) is 4.65. The van der Waals surface area contributed by atoms with Gasteiger partial charge in [-0.15, -0.1) is 0 Å². The van der Waals surface area contributed by atoms with E-state index in [1.165, 1.54) is 12.8 Å². The first-order valence-electron chi connectivity index (χ1n) is 7.05. The summed E-state index contributed by atoms with van der Waals surface area (Å²) in [4.78, 5) is 14.0. The molecule has 1 unspecified atom stereocenters. The third kappa shape index (κ3) is 2.49. The van der Waals surface area contributed by atoms with Crippen LogP contribution in [0.1, 0.15) is 52.4 Å². The summed E-state index contributed by atoms with van der Waals surface area (Å²) in [6, 6.07) is 0.667. The Kier molecular flexibility index (Phi) is 3.76. The first kappa shape index (κ1) is 12.9. The van der Waals surface area contributed by atoms with Crippen molar-refractivity contribution >= 4 is 5.97 Å². The van der Waals surface area contributed by atoms with Crippen molar-refractivity contribution in [3.63, 3.8) is 0 Å². The lowest BCUT2D eigenvalue weighted by Gasteiger charge is -2.48. The molecule has 0 bridgehead atoms. The van der Waals surface area contributed by atoms with E-state index in [1.54, 1.807) is 0 Å². The second-order valence-corrected chi connectivity index (χ2v) is 6.14. The highest BCUT2D eigenvalue weighted by molar-refractivity contribution is 5.75. The van der Waals surface area contributed by atoms with Crippen LogP contribution < -0.4 is 0 Å². The predicted molar refractivity (Wildman–Crippen MR) is 68.0 cm³/mol. The Hall–Kier alpha value is -0.570. The number of likely N-dealkylation sites (tertiary alicyclic amines) is 1. The maximum Gasteiger partial charge on any atom is 0.310 e. The molecule has 1 atom stereocenters. The Morgan fingerprint density at radius 1 is 1.47 bits per heavy atom. The topological polar surface area (TPSA) is 40.5 Å². The van der Waals surface area contributed by atoms with Gasteiger partial charge in [0, 0.05) is 12.6 Å². The number of nitrogens with zero attached hydrogens (tertiary/aromatic N) is 1. The minimum Gasteiger partial charge on any atom is -0.481 e. The number of aliphatic carboxylic acids is 1. The van der Waals surface area contributed by atoms with Crippen molar-refractivity contribution in [3.05, 3.63) is 0 Å². The van der Waals surface area contributed by atoms with Crippen LogP contribution in [0, 0.1) is 11.3 Å². The summed E-state index contributed by atoms with van der Waals surface area (Å²) in [6.45, 7) is 6.27. The van der Waals surface area contributed by atoms with Gasteiger partial charge in [-0.2, -0.15) is 0 Å². The summed E-state index contributed by atoms with van der Waals surface area (Å²) >= 11 is 0. The minimum atomic E-state index is -0.573. The van der Waals surface area contributed by atoms with Gasteiger partial charge in [-0.3, -0.25) is 9.69 Å². The second kappa shape index (κ2) is 4.97. The number of carboxylic acids is 1. The van der Waals surface area contributed by atoms with Crippen LogP contribution in [0.15, 0.2) is 0 Å². The van der Waals surface area contributed by atoms with Crippen molar-refractivity contribution in [3.8, 4) is 0 Å². The van der Waals surface area contributed by atoms with Gasteiger partial charge in [-0.1, -0.05) is 20.3 Å². The van der Waals surface area contributed by atoms with Gasteiger partial charge in [0.15, 0.2) is 0 Å². The first-order chi connectivity index (χ1) is 8.07. The van der Waals surface area contributed by atoms with E-state index in [2.05, 4.69) is 18.7 Å². The summed E-state index contributed by atoms with van der Waals surface area (Å²) < 4.78 is 0. The van der Waals surface area contributed by atoms with Crippen LogP contribution in [0.2, 0.25) is 0 Å². The molecular weight excluding hydrogens is 214 g/mol. The second-order valence-electron chi connectivity index (χ2n) is 6.14. The Morgan fingerprint density at radius 3 is 2.71 bits per heavy atom. The molecule has 1 N–H and O–H groups in total. The van der Waals surface area contributed by atoms with E-state index in [0.717, 1.165) is 44.7 Å². The largest absolute Gasteiger partial charge is 0.481 e. The predicted octanol–water partition coefficient (Wildman–Crippen LogP) is 2.75. The normalized spacial score (nSPS) is 38.7. The van der Waals surface area contributed by atoms with Gasteiger partial charge in [0.1, 0.15) is 0 Å². The molecule has 1 aliphatic heterocycles. The van der Waals surface area contributed by atoms with Gasteiger partial charge >= 0.3 is 5.97 Å². The minimum absolute atomic E-state index is 0.453. The number of carbonyl (C=O) groups is 1. The van der Waals surface area contributed by atoms with E-state index < -0.39 is 11.4 Å². The molecule has 1 saturated heterocycles. The average Bonchev–Trinajstić information content (AvgIpc) is 2.25. The fraction of sp³-hybridized carbons (Fsp3) is 0.929. The summed E-state index contributed by atoms with van der Waals surface area (Å²) in [5.74, 6) is 0.267. The molecule has 3 nitrogen and oxygen atoms in total. The lowest BCUT2D eigenvalue weighted by atomic mass is 9.73. The SMILES string of the molecule is CCCC1(C(=O)O)CCCN(C2CC(C)C2)C1. The van der Waals surface area contributed by atoms with E-state index >= 15 is 0 Å². The molecule has 2 rings (SSSR count). The van der Waals surface area contributed by atoms with Crippen LogP contribution in [0.25, 0.3) is 0 Å². The summed E-state index contributed by atoms with van der Waals surface area (Å²) in [6.07, 6.45) is 6.26. The molecule has 17 heavy (non-hydrogen) atoms. The van der Waals surface area contributed by atoms with E-state index in [9.17, 15) is 9.90 Å². The molecular formula is C14H25NO2. The average molecular weight is 239 g/mol. The first-order valence-corrected chi connectivity index (χ1v) is 7.05. The molecule has 0 radical (unpaired) electrons. The molecule has 1 saturated carbocycles. The van der Waals surface area contributed by atoms with Crippen molar-refractivity contribution in [2.45, 2.75) is 58.4 Å². The Balaban J connectivity index is 2.01. The van der Waals surface area contributed by atoms with Crippen molar-refractivity contribution < 1.29 is 9.90 Å². The molecule has 0 aromatic carbocycles. The Labute approximate surface area is 104 Å². The van der Waals surface area contributed by atoms with E-state index in [1.807, 2.05) is 0 Å². The van der Waals surface area contributed by atoms with Gasteiger partial charge in [-0.05, 0) is 44.6 Å². The number of carboxylic acid groups (broad SMARTS) is 1. The zero-order valence-electron chi connectivity index (χ0n) is 11.1. The summed E-state index contributed by atoms with van der Waals surface area (Å²) in [5.41, 5.74) is -0.453. The van der Waals surface area contributed by atoms with Crippen molar-refractivity contribution in [1.82, 2.24) is 4.90 Å². The molecule has 98 valence electrons. The maximum atomic E-state index is 11.6. The Bertz CT molecular complexity index is 282. The van der Waals surface area contributed by atoms with Gasteiger partial charge < -0.3 is 5.11 Å². The van der Waals surface area contributed by atoms with Crippen LogP contribution in [0.5, 0.6) is 0 Å². The van der Waals surface area contributed by atoms with Gasteiger partial charge in [0.25, 0.3) is 0 Å². The van der Waals surface area contributed by atoms with Crippen LogP contribution >= 0.6 is 0 Å². The van der Waals surface area contributed by atoms with Crippen molar-refractivity contribution in [2.24, 2.45) is 11.3 Å². The number of piperidine rings is 1. The lowest BCUT2D eigenvalue weighted by Crippen LogP contribution is -2.54. The van der Waals surface area contributed by atoms with Crippen molar-refractivity contribution in [2.75, 3.05) is 13.1 Å². The number of hydrogen-bond donors (Lipinski definition) is 1. The molecule has 2 fully saturated rings. The molecule has 1 aliphatic carbocycles. The molecule has 3 heteroatoms. The molecule has 1 heterocycles. The van der Waals surface area contributed by atoms with E-state index in [0.29, 0.717) is 6.04 Å². The third-order valence-corrected chi connectivity index (χ3v) is 4.65. The van der Waals surface area contributed by atoms with Gasteiger partial charge in [-0.25, -0.2) is 0 Å².